The molecule has 35 heavy (non-hydrogen) atoms. The van der Waals surface area contributed by atoms with Crippen LogP contribution in [0.1, 0.15) is 58.3 Å². The van der Waals surface area contributed by atoms with E-state index in [4.69, 9.17) is 9.47 Å². The van der Waals surface area contributed by atoms with Gasteiger partial charge >= 0.3 is 6.09 Å². The quantitative estimate of drug-likeness (QED) is 0.619. The molecule has 1 fully saturated rings. The van der Waals surface area contributed by atoms with Crippen LogP contribution in [0.15, 0.2) is 30.7 Å². The highest BCUT2D eigenvalue weighted by Gasteiger charge is 2.30. The van der Waals surface area contributed by atoms with Gasteiger partial charge in [0.2, 0.25) is 0 Å². The van der Waals surface area contributed by atoms with Crippen molar-refractivity contribution in [3.8, 4) is 11.5 Å². The van der Waals surface area contributed by atoms with Crippen molar-refractivity contribution in [3.63, 3.8) is 0 Å². The van der Waals surface area contributed by atoms with Gasteiger partial charge in [0.05, 0.1) is 18.3 Å². The summed E-state index contributed by atoms with van der Waals surface area (Å²) in [6.07, 6.45) is 2.74. The number of hydrogen-bond donors (Lipinski definition) is 1. The Kier molecular flexibility index (Phi) is 8.14. The molecule has 1 aromatic heterocycles. The lowest BCUT2D eigenvalue weighted by molar-refractivity contribution is 0.0713. The zero-order valence-corrected chi connectivity index (χ0v) is 21.2. The van der Waals surface area contributed by atoms with Crippen molar-refractivity contribution in [2.75, 3.05) is 24.5 Å². The summed E-state index contributed by atoms with van der Waals surface area (Å²) in [6, 6.07) is 3.80. The molecule has 1 aliphatic rings. The first-order valence-corrected chi connectivity index (χ1v) is 11.8. The average Bonchev–Trinajstić information content (AvgIpc) is 3.22. The number of ether oxygens (including phenoxy) is 2. The smallest absolute Gasteiger partial charge is 0.407 e. The van der Waals surface area contributed by atoms with Gasteiger partial charge in [-0.3, -0.25) is 4.79 Å². The van der Waals surface area contributed by atoms with E-state index in [1.54, 1.807) is 4.90 Å². The predicted octanol–water partition coefficient (Wildman–Crippen LogP) is 4.38. The summed E-state index contributed by atoms with van der Waals surface area (Å²) >= 11 is 0. The first kappa shape index (κ1) is 26.2. The SMILES string of the molecule is CCN(C(=O)c1cc(F)ccc1Oc1cncnc1N1CC[C@@H](OC(=O)NC(C)(C)C)C1)C(C)C. The van der Waals surface area contributed by atoms with Gasteiger partial charge in [0, 0.05) is 31.1 Å². The lowest BCUT2D eigenvalue weighted by atomic mass is 10.1. The normalized spacial score (nSPS) is 15.8. The summed E-state index contributed by atoms with van der Waals surface area (Å²) < 4.78 is 25.7. The first-order valence-electron chi connectivity index (χ1n) is 11.8. The van der Waals surface area contributed by atoms with E-state index in [0.29, 0.717) is 37.6 Å². The van der Waals surface area contributed by atoms with Crippen molar-refractivity contribution in [2.24, 2.45) is 0 Å². The van der Waals surface area contributed by atoms with Crippen LogP contribution in [0.4, 0.5) is 15.0 Å². The monoisotopic (exact) mass is 487 g/mol. The van der Waals surface area contributed by atoms with Gasteiger partial charge in [-0.2, -0.15) is 0 Å². The molecule has 1 aromatic carbocycles. The molecule has 0 saturated carbocycles. The highest BCUT2D eigenvalue weighted by Crippen LogP contribution is 2.34. The molecule has 2 aromatic rings. The molecule has 0 aliphatic carbocycles. The zero-order valence-electron chi connectivity index (χ0n) is 21.2. The van der Waals surface area contributed by atoms with Gasteiger partial charge < -0.3 is 24.6 Å². The van der Waals surface area contributed by atoms with E-state index in [0.717, 1.165) is 0 Å². The third kappa shape index (κ3) is 6.80. The lowest BCUT2D eigenvalue weighted by Crippen LogP contribution is -2.42. The second kappa shape index (κ2) is 10.9. The van der Waals surface area contributed by atoms with Gasteiger partial charge in [0.1, 0.15) is 24.0 Å². The van der Waals surface area contributed by atoms with E-state index in [1.165, 1.54) is 30.7 Å². The summed E-state index contributed by atoms with van der Waals surface area (Å²) in [6.45, 7) is 12.8. The molecule has 1 N–H and O–H groups in total. The van der Waals surface area contributed by atoms with E-state index >= 15 is 0 Å². The minimum absolute atomic E-state index is 0.0590. The molecular weight excluding hydrogens is 453 g/mol. The van der Waals surface area contributed by atoms with Crippen molar-refractivity contribution in [3.05, 3.63) is 42.1 Å². The van der Waals surface area contributed by atoms with Crippen LogP contribution in [0.2, 0.25) is 0 Å². The van der Waals surface area contributed by atoms with E-state index in [2.05, 4.69) is 15.3 Å². The van der Waals surface area contributed by atoms with Crippen LogP contribution < -0.4 is 15.0 Å². The molecule has 10 heteroatoms. The van der Waals surface area contributed by atoms with E-state index in [1.807, 2.05) is 46.4 Å². The molecule has 1 atom stereocenters. The second-order valence-electron chi connectivity index (χ2n) is 9.78. The maximum atomic E-state index is 14.1. The van der Waals surface area contributed by atoms with E-state index in [-0.39, 0.29) is 29.4 Å². The number of anilines is 1. The second-order valence-corrected chi connectivity index (χ2v) is 9.78. The van der Waals surface area contributed by atoms with Gasteiger partial charge in [-0.05, 0) is 59.7 Å². The van der Waals surface area contributed by atoms with Crippen LogP contribution in [0.5, 0.6) is 11.5 Å². The minimum Gasteiger partial charge on any atom is -0.451 e. The zero-order chi connectivity index (χ0) is 25.8. The van der Waals surface area contributed by atoms with Crippen molar-refractivity contribution in [2.45, 2.75) is 65.6 Å². The highest BCUT2D eigenvalue weighted by molar-refractivity contribution is 5.97. The van der Waals surface area contributed by atoms with Crippen molar-refractivity contribution >= 4 is 17.8 Å². The van der Waals surface area contributed by atoms with Crippen molar-refractivity contribution < 1.29 is 23.5 Å². The van der Waals surface area contributed by atoms with Crippen LogP contribution in [-0.4, -0.2) is 64.2 Å². The Balaban J connectivity index is 1.80. The lowest BCUT2D eigenvalue weighted by Gasteiger charge is -2.26. The summed E-state index contributed by atoms with van der Waals surface area (Å²) in [7, 11) is 0. The number of alkyl carbamates (subject to hydrolysis) is 1. The number of halogens is 1. The molecule has 2 amide bonds. The number of aromatic nitrogens is 2. The van der Waals surface area contributed by atoms with Gasteiger partial charge in [0.25, 0.3) is 5.91 Å². The molecule has 2 heterocycles. The Hall–Kier alpha value is -3.43. The molecular formula is C25H34FN5O4. The van der Waals surface area contributed by atoms with Crippen molar-refractivity contribution in [1.29, 1.82) is 0 Å². The summed E-state index contributed by atoms with van der Waals surface area (Å²) in [4.78, 5) is 37.3. The topological polar surface area (TPSA) is 96.9 Å². The Morgan fingerprint density at radius 1 is 1.29 bits per heavy atom. The van der Waals surface area contributed by atoms with E-state index < -0.39 is 17.4 Å². The number of amides is 2. The molecule has 0 radical (unpaired) electrons. The van der Waals surface area contributed by atoms with Crippen LogP contribution in [0.3, 0.4) is 0 Å². The Morgan fingerprint density at radius 3 is 2.69 bits per heavy atom. The molecule has 1 aliphatic heterocycles. The third-order valence-corrected chi connectivity index (χ3v) is 5.47. The number of benzene rings is 1. The summed E-state index contributed by atoms with van der Waals surface area (Å²) in [5.74, 6) is 0.179. The van der Waals surface area contributed by atoms with Crippen LogP contribution in [0, 0.1) is 5.82 Å². The van der Waals surface area contributed by atoms with Crippen LogP contribution in [-0.2, 0) is 4.74 Å². The molecule has 190 valence electrons. The summed E-state index contributed by atoms with van der Waals surface area (Å²) in [5, 5.41) is 2.79. The predicted molar refractivity (Wildman–Crippen MR) is 130 cm³/mol. The number of carbonyl (C=O) groups excluding carboxylic acids is 2. The fourth-order valence-corrected chi connectivity index (χ4v) is 3.90. The van der Waals surface area contributed by atoms with Gasteiger partial charge in [-0.1, -0.05) is 0 Å². The molecule has 1 saturated heterocycles. The summed E-state index contributed by atoms with van der Waals surface area (Å²) in [5.41, 5.74) is -0.271. The Bertz CT molecular complexity index is 1060. The number of nitrogens with one attached hydrogen (secondary N) is 1. The van der Waals surface area contributed by atoms with Gasteiger partial charge in [0.15, 0.2) is 11.6 Å². The first-order chi connectivity index (χ1) is 16.5. The van der Waals surface area contributed by atoms with Crippen LogP contribution in [0.25, 0.3) is 0 Å². The average molecular weight is 488 g/mol. The standard InChI is InChI=1S/C25H34FN5O4/c1-7-31(16(2)3)23(32)19-12-17(26)8-9-20(19)35-21-13-27-15-28-22(21)30-11-10-18(14-30)34-24(33)29-25(4,5)6/h8-9,12-13,15-16,18H,7,10-11,14H2,1-6H3,(H,29,33)/t18-/m1/s1. The van der Waals surface area contributed by atoms with Crippen LogP contribution >= 0.6 is 0 Å². The van der Waals surface area contributed by atoms with Gasteiger partial charge in [-0.25, -0.2) is 19.2 Å². The molecule has 0 unspecified atom stereocenters. The maximum absolute atomic E-state index is 14.1. The Labute approximate surface area is 205 Å². The highest BCUT2D eigenvalue weighted by atomic mass is 19.1. The number of rotatable bonds is 7. The molecule has 0 spiro atoms. The number of carbonyl (C=O) groups is 2. The molecule has 3 rings (SSSR count). The van der Waals surface area contributed by atoms with Crippen molar-refractivity contribution in [1.82, 2.24) is 20.2 Å². The fourth-order valence-electron chi connectivity index (χ4n) is 3.90. The Morgan fingerprint density at radius 2 is 2.03 bits per heavy atom. The third-order valence-electron chi connectivity index (χ3n) is 5.47. The number of hydrogen-bond acceptors (Lipinski definition) is 7. The number of nitrogens with zero attached hydrogens (tertiary/aromatic N) is 4. The maximum Gasteiger partial charge on any atom is 0.407 e. The largest absolute Gasteiger partial charge is 0.451 e. The molecule has 9 nitrogen and oxygen atoms in total. The molecule has 0 bridgehead atoms. The van der Waals surface area contributed by atoms with Gasteiger partial charge in [-0.15, -0.1) is 0 Å². The fraction of sp³-hybridized carbons (Fsp3) is 0.520. The van der Waals surface area contributed by atoms with E-state index in [9.17, 15) is 14.0 Å². The minimum atomic E-state index is -0.530.